The number of esters is 1. The van der Waals surface area contributed by atoms with Crippen LogP contribution >= 0.6 is 0 Å². The summed E-state index contributed by atoms with van der Waals surface area (Å²) in [6, 6.07) is 10.2. The number of nitrogens with one attached hydrogen (secondary N) is 1. The number of imide groups is 1. The number of amides is 3. The molecule has 1 N–H and O–H groups in total. The lowest BCUT2D eigenvalue weighted by Crippen LogP contribution is -2.38. The Labute approximate surface area is 168 Å². The maximum absolute atomic E-state index is 12.4. The number of carbonyl (C=O) groups excluding carboxylic acids is 4. The Morgan fingerprint density at radius 2 is 1.52 bits per heavy atom. The van der Waals surface area contributed by atoms with Gasteiger partial charge in [0.05, 0.1) is 11.1 Å². The van der Waals surface area contributed by atoms with Crippen molar-refractivity contribution in [3.05, 3.63) is 64.2 Å². The lowest BCUT2D eigenvalue weighted by Gasteiger charge is -2.18. The molecule has 0 bridgehead atoms. The Morgan fingerprint density at radius 3 is 2.03 bits per heavy atom. The van der Waals surface area contributed by atoms with Gasteiger partial charge in [-0.15, -0.1) is 0 Å². The molecule has 3 amide bonds. The molecule has 2 aromatic carbocycles. The zero-order chi connectivity index (χ0) is 21.3. The molecular weight excluding hydrogens is 372 g/mol. The van der Waals surface area contributed by atoms with E-state index in [2.05, 4.69) is 5.32 Å². The monoisotopic (exact) mass is 394 g/mol. The number of hydrogen-bond acceptors (Lipinski definition) is 5. The summed E-state index contributed by atoms with van der Waals surface area (Å²) in [5, 5.41) is 2.77. The van der Waals surface area contributed by atoms with Gasteiger partial charge in [0.1, 0.15) is 6.54 Å². The maximum Gasteiger partial charge on any atom is 0.326 e. The van der Waals surface area contributed by atoms with Gasteiger partial charge in [-0.05, 0) is 51.0 Å². The predicted octanol–water partition coefficient (Wildman–Crippen LogP) is 2.78. The van der Waals surface area contributed by atoms with Crippen molar-refractivity contribution in [1.29, 1.82) is 0 Å². The zero-order valence-corrected chi connectivity index (χ0v) is 16.7. The molecule has 1 heterocycles. The van der Waals surface area contributed by atoms with Crippen LogP contribution in [0.2, 0.25) is 0 Å². The van der Waals surface area contributed by atoms with Gasteiger partial charge in [0.15, 0.2) is 6.10 Å². The normalized spacial score (nSPS) is 13.9. The third kappa shape index (κ3) is 4.03. The zero-order valence-electron chi connectivity index (χ0n) is 16.7. The van der Waals surface area contributed by atoms with Gasteiger partial charge in [-0.3, -0.25) is 24.1 Å². The van der Waals surface area contributed by atoms with Crippen molar-refractivity contribution in [2.45, 2.75) is 33.8 Å². The second-order valence-corrected chi connectivity index (χ2v) is 7.14. The summed E-state index contributed by atoms with van der Waals surface area (Å²) in [5.41, 5.74) is 4.06. The first-order valence-electron chi connectivity index (χ1n) is 9.22. The first-order chi connectivity index (χ1) is 13.7. The summed E-state index contributed by atoms with van der Waals surface area (Å²) >= 11 is 0. The summed E-state index contributed by atoms with van der Waals surface area (Å²) < 4.78 is 5.15. The molecular formula is C22H22N2O5. The van der Waals surface area contributed by atoms with Crippen LogP contribution in [0.4, 0.5) is 5.69 Å². The Hall–Kier alpha value is -3.48. The number of aryl methyl sites for hydroxylation is 3. The smallest absolute Gasteiger partial charge is 0.326 e. The second kappa shape index (κ2) is 7.87. The van der Waals surface area contributed by atoms with Crippen molar-refractivity contribution in [3.63, 3.8) is 0 Å². The van der Waals surface area contributed by atoms with Gasteiger partial charge in [0.2, 0.25) is 0 Å². The predicted molar refractivity (Wildman–Crippen MR) is 107 cm³/mol. The van der Waals surface area contributed by atoms with E-state index in [-0.39, 0.29) is 11.1 Å². The third-order valence-electron chi connectivity index (χ3n) is 4.77. The molecule has 0 aliphatic carbocycles. The Bertz CT molecular complexity index is 970. The van der Waals surface area contributed by atoms with Crippen LogP contribution in [0.15, 0.2) is 36.4 Å². The van der Waals surface area contributed by atoms with Crippen LogP contribution in [0.5, 0.6) is 0 Å². The molecule has 7 nitrogen and oxygen atoms in total. The van der Waals surface area contributed by atoms with Crippen LogP contribution < -0.4 is 5.32 Å². The molecule has 1 atom stereocenters. The summed E-state index contributed by atoms with van der Waals surface area (Å²) in [7, 11) is 0. The second-order valence-electron chi connectivity index (χ2n) is 7.14. The fourth-order valence-corrected chi connectivity index (χ4v) is 3.40. The highest BCUT2D eigenvalue weighted by molar-refractivity contribution is 6.22. The molecule has 2 aromatic rings. The van der Waals surface area contributed by atoms with Gasteiger partial charge in [-0.25, -0.2) is 0 Å². The number of ether oxygens (including phenoxy) is 1. The van der Waals surface area contributed by atoms with Gasteiger partial charge < -0.3 is 10.1 Å². The van der Waals surface area contributed by atoms with E-state index in [4.69, 9.17) is 4.74 Å². The molecule has 1 aliphatic rings. The lowest BCUT2D eigenvalue weighted by atomic mass is 10.0. The van der Waals surface area contributed by atoms with Crippen LogP contribution in [0.1, 0.15) is 44.3 Å². The van der Waals surface area contributed by atoms with Crippen molar-refractivity contribution >= 4 is 29.4 Å². The van der Waals surface area contributed by atoms with E-state index < -0.39 is 36.3 Å². The SMILES string of the molecule is Cc1cc(C)c(NC(=O)[C@H](C)OC(=O)CN2C(=O)c3ccccc3C2=O)c(C)c1. The topological polar surface area (TPSA) is 92.8 Å². The van der Waals surface area contributed by atoms with Crippen molar-refractivity contribution < 1.29 is 23.9 Å². The van der Waals surface area contributed by atoms with E-state index in [0.29, 0.717) is 5.69 Å². The van der Waals surface area contributed by atoms with Gasteiger partial charge in [0.25, 0.3) is 17.7 Å². The highest BCUT2D eigenvalue weighted by atomic mass is 16.5. The van der Waals surface area contributed by atoms with E-state index in [1.807, 2.05) is 32.9 Å². The van der Waals surface area contributed by atoms with Crippen molar-refractivity contribution in [2.24, 2.45) is 0 Å². The molecule has 1 aliphatic heterocycles. The number of carbonyl (C=O) groups is 4. The van der Waals surface area contributed by atoms with Crippen LogP contribution in [-0.2, 0) is 14.3 Å². The highest BCUT2D eigenvalue weighted by Crippen LogP contribution is 2.23. The minimum absolute atomic E-state index is 0.251. The van der Waals surface area contributed by atoms with Gasteiger partial charge in [-0.2, -0.15) is 0 Å². The fourth-order valence-electron chi connectivity index (χ4n) is 3.40. The van der Waals surface area contributed by atoms with Crippen molar-refractivity contribution in [3.8, 4) is 0 Å². The molecule has 0 fully saturated rings. The molecule has 0 saturated carbocycles. The standard InChI is InChI=1S/C22H22N2O5/c1-12-9-13(2)19(14(3)10-12)23-20(26)15(4)29-18(25)11-24-21(27)16-7-5-6-8-17(16)22(24)28/h5-10,15H,11H2,1-4H3,(H,23,26)/t15-/m0/s1. The van der Waals surface area contributed by atoms with Crippen LogP contribution in [0.3, 0.4) is 0 Å². The molecule has 0 aromatic heterocycles. The van der Waals surface area contributed by atoms with E-state index >= 15 is 0 Å². The number of nitrogens with zero attached hydrogens (tertiary/aromatic N) is 1. The maximum atomic E-state index is 12.4. The lowest BCUT2D eigenvalue weighted by molar-refractivity contribution is -0.153. The van der Waals surface area contributed by atoms with E-state index in [1.165, 1.54) is 19.1 Å². The van der Waals surface area contributed by atoms with Gasteiger partial charge in [-0.1, -0.05) is 29.8 Å². The number of hydrogen-bond donors (Lipinski definition) is 1. The molecule has 0 radical (unpaired) electrons. The minimum atomic E-state index is -1.09. The fraction of sp³-hybridized carbons (Fsp3) is 0.273. The van der Waals surface area contributed by atoms with E-state index in [0.717, 1.165) is 21.6 Å². The quantitative estimate of drug-likeness (QED) is 0.622. The number of anilines is 1. The first kappa shape index (κ1) is 20.3. The van der Waals surface area contributed by atoms with Crippen molar-refractivity contribution in [2.75, 3.05) is 11.9 Å². The number of fused-ring (bicyclic) bond motifs is 1. The van der Waals surface area contributed by atoms with E-state index in [1.54, 1.807) is 12.1 Å². The Balaban J connectivity index is 1.62. The molecule has 3 rings (SSSR count). The summed E-state index contributed by atoms with van der Waals surface area (Å²) in [6.07, 6.45) is -1.09. The summed E-state index contributed by atoms with van der Waals surface area (Å²) in [6.45, 7) is 6.62. The first-order valence-corrected chi connectivity index (χ1v) is 9.22. The molecule has 7 heteroatoms. The average Bonchev–Trinajstić information content (AvgIpc) is 2.89. The molecule has 0 saturated heterocycles. The third-order valence-corrected chi connectivity index (χ3v) is 4.77. The highest BCUT2D eigenvalue weighted by Gasteiger charge is 2.37. The number of rotatable bonds is 5. The number of benzene rings is 2. The summed E-state index contributed by atoms with van der Waals surface area (Å²) in [4.78, 5) is 50.2. The van der Waals surface area contributed by atoms with Crippen LogP contribution in [0, 0.1) is 20.8 Å². The molecule has 0 unspecified atom stereocenters. The van der Waals surface area contributed by atoms with Crippen LogP contribution in [-0.4, -0.2) is 41.2 Å². The summed E-state index contributed by atoms with van der Waals surface area (Å²) in [5.74, 6) is -2.42. The largest absolute Gasteiger partial charge is 0.451 e. The van der Waals surface area contributed by atoms with Gasteiger partial charge >= 0.3 is 5.97 Å². The Morgan fingerprint density at radius 1 is 1.00 bits per heavy atom. The van der Waals surface area contributed by atoms with Gasteiger partial charge in [0, 0.05) is 5.69 Å². The van der Waals surface area contributed by atoms with Crippen LogP contribution in [0.25, 0.3) is 0 Å². The molecule has 0 spiro atoms. The minimum Gasteiger partial charge on any atom is -0.451 e. The average molecular weight is 394 g/mol. The van der Waals surface area contributed by atoms with E-state index in [9.17, 15) is 19.2 Å². The molecule has 29 heavy (non-hydrogen) atoms. The van der Waals surface area contributed by atoms with Crippen molar-refractivity contribution in [1.82, 2.24) is 4.90 Å². The Kier molecular flexibility index (Phi) is 5.50. The molecule has 150 valence electrons.